The number of unbranched alkanes of at least 4 members (excludes halogenated alkanes) is 9. The first-order valence-electron chi connectivity index (χ1n) is 10.2. The molecule has 23 heavy (non-hydrogen) atoms. The molecule has 0 atom stereocenters. The maximum Gasteiger partial charge on any atom is 0.341 e. The number of carbonyl (C=O) groups is 1. The molecule has 2 nitrogen and oxygen atoms in total. The van der Waals surface area contributed by atoms with E-state index in [9.17, 15) is 9.90 Å². The number of aliphatic carboxylic acids is 1. The molecule has 0 aliphatic heterocycles. The molecule has 3 heteroatoms. The van der Waals surface area contributed by atoms with Crippen LogP contribution in [0.5, 0.6) is 0 Å². The molecule has 0 saturated carbocycles. The Morgan fingerprint density at radius 1 is 0.652 bits per heavy atom. The molecule has 0 spiro atoms. The smallest absolute Gasteiger partial charge is 0.341 e. The fourth-order valence-electron chi connectivity index (χ4n) is 3.48. The van der Waals surface area contributed by atoms with Crippen LogP contribution in [0, 0.1) is 0 Å². The van der Waals surface area contributed by atoms with E-state index in [1.54, 1.807) is 0 Å². The van der Waals surface area contributed by atoms with Gasteiger partial charge in [-0.05, 0) is 38.5 Å². The van der Waals surface area contributed by atoms with Gasteiger partial charge in [-0.15, -0.1) is 0 Å². The van der Waals surface area contributed by atoms with Gasteiger partial charge < -0.3 is 5.11 Å². The van der Waals surface area contributed by atoms with Crippen molar-refractivity contribution in [3.05, 3.63) is 0 Å². The van der Waals surface area contributed by atoms with Crippen molar-refractivity contribution in [3.8, 4) is 0 Å². The van der Waals surface area contributed by atoms with Gasteiger partial charge in [-0.25, -0.2) is 4.79 Å². The number of rotatable bonds is 17. The van der Waals surface area contributed by atoms with E-state index in [4.69, 9.17) is 0 Å². The van der Waals surface area contributed by atoms with E-state index in [1.807, 2.05) is 0 Å². The summed E-state index contributed by atoms with van der Waals surface area (Å²) in [6, 6.07) is 0. The van der Waals surface area contributed by atoms with Crippen LogP contribution in [0.3, 0.4) is 0 Å². The fraction of sp³-hybridized carbons (Fsp3) is 0.950. The van der Waals surface area contributed by atoms with Crippen LogP contribution in [-0.4, -0.2) is 35.7 Å². The first kappa shape index (κ1) is 22.9. The van der Waals surface area contributed by atoms with Crippen molar-refractivity contribution in [2.75, 3.05) is 24.6 Å². The zero-order valence-electron chi connectivity index (χ0n) is 16.1. The average Bonchev–Trinajstić information content (AvgIpc) is 2.52. The van der Waals surface area contributed by atoms with Crippen molar-refractivity contribution in [1.82, 2.24) is 0 Å². The lowest BCUT2D eigenvalue weighted by Gasteiger charge is -2.26. The minimum absolute atomic E-state index is 0.497. The Morgan fingerprint density at radius 3 is 1.26 bits per heavy atom. The van der Waals surface area contributed by atoms with Crippen molar-refractivity contribution >= 4 is 13.2 Å². The molecule has 0 aliphatic rings. The molecule has 0 aliphatic carbocycles. The van der Waals surface area contributed by atoms with Crippen LogP contribution < -0.4 is 0 Å². The molecular weight excluding hydrogens is 303 g/mol. The number of hydrogen-bond acceptors (Lipinski definition) is 1. The van der Waals surface area contributed by atoms with Crippen LogP contribution in [0.4, 0.5) is 0 Å². The Morgan fingerprint density at radius 2 is 1.00 bits per heavy atom. The Bertz CT molecular complexity index is 248. The lowest BCUT2D eigenvalue weighted by Crippen LogP contribution is -2.18. The molecule has 0 fully saturated rings. The molecule has 0 amide bonds. The maximum absolute atomic E-state index is 11.5. The Balaban J connectivity index is 4.61. The van der Waals surface area contributed by atoms with Crippen molar-refractivity contribution in [3.63, 3.8) is 0 Å². The Hall–Kier alpha value is -0.100. The van der Waals surface area contributed by atoms with Gasteiger partial charge in [0.05, 0.1) is 18.5 Å². The molecule has 0 heterocycles. The van der Waals surface area contributed by atoms with Gasteiger partial charge in [0.1, 0.15) is 0 Å². The first-order valence-corrected chi connectivity index (χ1v) is 12.7. The standard InChI is InChI=1S/C20H41O2P/c1-4-7-10-13-16-23(19-20(21)22,17-14-11-8-5-2)18-15-12-9-6-3/h4-19H2,1-3H3/p+1. The summed E-state index contributed by atoms with van der Waals surface area (Å²) < 4.78 is 0. The van der Waals surface area contributed by atoms with Crippen LogP contribution in [0.25, 0.3) is 0 Å². The largest absolute Gasteiger partial charge is 0.479 e. The highest BCUT2D eigenvalue weighted by atomic mass is 31.2. The van der Waals surface area contributed by atoms with E-state index in [-0.39, 0.29) is 0 Å². The Labute approximate surface area is 146 Å². The highest BCUT2D eigenvalue weighted by Crippen LogP contribution is 2.60. The monoisotopic (exact) mass is 345 g/mol. The van der Waals surface area contributed by atoms with E-state index in [1.165, 1.54) is 95.5 Å². The summed E-state index contributed by atoms with van der Waals surface area (Å²) in [5.41, 5.74) is 0. The fourth-order valence-corrected chi connectivity index (χ4v) is 7.88. The normalized spacial score (nSPS) is 11.8. The van der Waals surface area contributed by atoms with Crippen molar-refractivity contribution in [2.24, 2.45) is 0 Å². The van der Waals surface area contributed by atoms with E-state index in [0.717, 1.165) is 0 Å². The van der Waals surface area contributed by atoms with Crippen molar-refractivity contribution in [2.45, 2.75) is 97.8 Å². The molecule has 0 aromatic rings. The second-order valence-corrected chi connectivity index (χ2v) is 11.6. The zero-order chi connectivity index (χ0) is 17.4. The second-order valence-electron chi connectivity index (χ2n) is 7.25. The molecule has 0 bridgehead atoms. The summed E-state index contributed by atoms with van der Waals surface area (Å²) in [5.74, 6) is -0.542. The lowest BCUT2D eigenvalue weighted by atomic mass is 10.2. The maximum atomic E-state index is 11.5. The molecule has 0 aromatic carbocycles. The van der Waals surface area contributed by atoms with Crippen LogP contribution in [0.15, 0.2) is 0 Å². The van der Waals surface area contributed by atoms with Crippen LogP contribution in [0.2, 0.25) is 0 Å². The third-order valence-electron chi connectivity index (χ3n) is 4.93. The first-order chi connectivity index (χ1) is 11.1. The van der Waals surface area contributed by atoms with E-state index in [0.29, 0.717) is 6.16 Å². The number of carboxylic acid groups (broad SMARTS) is 1. The third-order valence-corrected chi connectivity index (χ3v) is 9.66. The topological polar surface area (TPSA) is 37.3 Å². The van der Waals surface area contributed by atoms with Gasteiger partial charge in [-0.3, -0.25) is 0 Å². The van der Waals surface area contributed by atoms with E-state index >= 15 is 0 Å². The van der Waals surface area contributed by atoms with E-state index < -0.39 is 13.2 Å². The van der Waals surface area contributed by atoms with Gasteiger partial charge >= 0.3 is 5.97 Å². The Kier molecular flexibility index (Phi) is 15.4. The minimum Gasteiger partial charge on any atom is -0.479 e. The molecule has 0 saturated heterocycles. The predicted molar refractivity (Wildman–Crippen MR) is 106 cm³/mol. The zero-order valence-corrected chi connectivity index (χ0v) is 17.0. The number of hydrogen-bond donors (Lipinski definition) is 1. The van der Waals surface area contributed by atoms with Crippen LogP contribution >= 0.6 is 7.26 Å². The molecular formula is C20H42O2P+. The van der Waals surface area contributed by atoms with Gasteiger partial charge in [0.15, 0.2) is 6.16 Å². The predicted octanol–water partition coefficient (Wildman–Crippen LogP) is 6.83. The van der Waals surface area contributed by atoms with Crippen LogP contribution in [0.1, 0.15) is 97.8 Å². The molecule has 0 aromatic heterocycles. The second kappa shape index (κ2) is 15.4. The van der Waals surface area contributed by atoms with Gasteiger partial charge in [-0.1, -0.05) is 59.3 Å². The molecule has 138 valence electrons. The quantitative estimate of drug-likeness (QED) is 0.232. The molecule has 0 radical (unpaired) electrons. The summed E-state index contributed by atoms with van der Waals surface area (Å²) in [6.07, 6.45) is 19.6. The van der Waals surface area contributed by atoms with Crippen molar-refractivity contribution < 1.29 is 9.90 Å². The SMILES string of the molecule is CCCCCC[P+](CCCCCC)(CCCCCC)CC(=O)O. The summed E-state index contributed by atoms with van der Waals surface area (Å²) in [5, 5.41) is 9.48. The minimum atomic E-state index is -1.27. The summed E-state index contributed by atoms with van der Waals surface area (Å²) in [6.45, 7) is 6.74. The van der Waals surface area contributed by atoms with Gasteiger partial charge in [-0.2, -0.15) is 0 Å². The van der Waals surface area contributed by atoms with Gasteiger partial charge in [0.25, 0.3) is 0 Å². The highest BCUT2D eigenvalue weighted by molar-refractivity contribution is 7.76. The third kappa shape index (κ3) is 12.9. The molecule has 1 N–H and O–H groups in total. The van der Waals surface area contributed by atoms with Gasteiger partial charge in [0.2, 0.25) is 0 Å². The average molecular weight is 346 g/mol. The molecule has 0 unspecified atom stereocenters. The summed E-state index contributed by atoms with van der Waals surface area (Å²) >= 11 is 0. The highest BCUT2D eigenvalue weighted by Gasteiger charge is 2.38. The summed E-state index contributed by atoms with van der Waals surface area (Å²) in [7, 11) is -1.27. The summed E-state index contributed by atoms with van der Waals surface area (Å²) in [4.78, 5) is 11.5. The lowest BCUT2D eigenvalue weighted by molar-refractivity contribution is -0.134. The molecule has 0 rings (SSSR count). The number of carboxylic acids is 1. The van der Waals surface area contributed by atoms with Crippen LogP contribution in [-0.2, 0) is 4.79 Å². The van der Waals surface area contributed by atoms with Gasteiger partial charge in [0, 0.05) is 7.26 Å². The van der Waals surface area contributed by atoms with Crippen molar-refractivity contribution in [1.29, 1.82) is 0 Å². The van der Waals surface area contributed by atoms with E-state index in [2.05, 4.69) is 20.8 Å².